The Morgan fingerprint density at radius 3 is 2.13 bits per heavy atom. The number of hydrogen-bond donors (Lipinski definition) is 1. The monoisotopic (exact) mass is 213 g/mol. The summed E-state index contributed by atoms with van der Waals surface area (Å²) < 4.78 is 0. The van der Waals surface area contributed by atoms with Gasteiger partial charge in [-0.2, -0.15) is 0 Å². The summed E-state index contributed by atoms with van der Waals surface area (Å²) in [6.45, 7) is 4.37. The summed E-state index contributed by atoms with van der Waals surface area (Å²) in [5.41, 5.74) is -0.00507. The van der Waals surface area contributed by atoms with Gasteiger partial charge in [-0.3, -0.25) is 0 Å². The first-order valence-electron chi connectivity index (χ1n) is 6.42. The van der Waals surface area contributed by atoms with Crippen LogP contribution in [0.1, 0.15) is 52.4 Å². The summed E-state index contributed by atoms with van der Waals surface area (Å²) in [6.07, 6.45) is 6.87. The molecule has 90 valence electrons. The third kappa shape index (κ3) is 2.94. The smallest absolute Gasteiger partial charge is 0.0723 e. The average Bonchev–Trinajstić information content (AvgIpc) is 3.00. The minimum absolute atomic E-state index is 0.00507. The van der Waals surface area contributed by atoms with E-state index in [1.807, 2.05) is 0 Å². The quantitative estimate of drug-likeness (QED) is 0.703. The number of aliphatic hydroxyl groups is 1. The second kappa shape index (κ2) is 5.31. The molecule has 1 unspecified atom stereocenters. The molecule has 0 heterocycles. The molecule has 0 spiro atoms. The van der Waals surface area contributed by atoms with E-state index in [-0.39, 0.29) is 11.6 Å². The highest BCUT2D eigenvalue weighted by atomic mass is 16.3. The number of hydrogen-bond acceptors (Lipinski definition) is 2. The zero-order chi connectivity index (χ0) is 11.5. The number of nitrogens with zero attached hydrogens (tertiary/aromatic N) is 1. The summed E-state index contributed by atoms with van der Waals surface area (Å²) in [5.74, 6) is 0.924. The molecule has 0 amide bonds. The largest absolute Gasteiger partial charge is 0.391 e. The van der Waals surface area contributed by atoms with Gasteiger partial charge in [0.25, 0.3) is 0 Å². The van der Waals surface area contributed by atoms with E-state index >= 15 is 0 Å². The van der Waals surface area contributed by atoms with Crippen LogP contribution < -0.4 is 0 Å². The molecule has 2 nitrogen and oxygen atoms in total. The molecule has 1 saturated carbocycles. The molecule has 1 atom stereocenters. The van der Waals surface area contributed by atoms with E-state index in [1.165, 1.54) is 19.3 Å². The van der Waals surface area contributed by atoms with Crippen molar-refractivity contribution in [2.24, 2.45) is 5.92 Å². The van der Waals surface area contributed by atoms with E-state index in [2.05, 4.69) is 32.8 Å². The molecule has 0 aliphatic heterocycles. The zero-order valence-electron chi connectivity index (χ0n) is 10.8. The lowest BCUT2D eigenvalue weighted by Gasteiger charge is -2.42. The molecular formula is C13H27NO. The lowest BCUT2D eigenvalue weighted by Crippen LogP contribution is -2.52. The maximum atomic E-state index is 10.4. The molecule has 1 N–H and O–H groups in total. The van der Waals surface area contributed by atoms with Crippen molar-refractivity contribution in [1.82, 2.24) is 4.90 Å². The summed E-state index contributed by atoms with van der Waals surface area (Å²) in [7, 11) is 4.18. The van der Waals surface area contributed by atoms with Crippen molar-refractivity contribution in [2.75, 3.05) is 14.1 Å². The van der Waals surface area contributed by atoms with Crippen LogP contribution in [-0.2, 0) is 0 Å². The van der Waals surface area contributed by atoms with Crippen LogP contribution >= 0.6 is 0 Å². The first-order valence-corrected chi connectivity index (χ1v) is 6.42. The fourth-order valence-corrected chi connectivity index (χ4v) is 2.72. The van der Waals surface area contributed by atoms with Gasteiger partial charge in [0, 0.05) is 5.54 Å². The van der Waals surface area contributed by atoms with Crippen LogP contribution in [0.4, 0.5) is 0 Å². The average molecular weight is 213 g/mol. The van der Waals surface area contributed by atoms with Crippen LogP contribution in [0.2, 0.25) is 0 Å². The first kappa shape index (κ1) is 13.0. The molecule has 0 saturated heterocycles. The number of likely N-dealkylation sites (N-methyl/N-ethyl adjacent to an activating group) is 1. The summed E-state index contributed by atoms with van der Waals surface area (Å²) in [6, 6.07) is 0. The van der Waals surface area contributed by atoms with Crippen molar-refractivity contribution in [3.8, 4) is 0 Å². The predicted molar refractivity (Wildman–Crippen MR) is 65.0 cm³/mol. The molecule has 1 rings (SSSR count). The summed E-state index contributed by atoms with van der Waals surface area (Å²) in [5, 5.41) is 10.4. The molecule has 0 bridgehead atoms. The van der Waals surface area contributed by atoms with E-state index < -0.39 is 0 Å². The van der Waals surface area contributed by atoms with Gasteiger partial charge in [0.2, 0.25) is 0 Å². The number of aliphatic hydroxyl groups excluding tert-OH is 1. The molecule has 0 aromatic rings. The second-order valence-electron chi connectivity index (χ2n) is 5.24. The van der Waals surface area contributed by atoms with E-state index in [9.17, 15) is 5.11 Å². The van der Waals surface area contributed by atoms with Crippen LogP contribution in [0.3, 0.4) is 0 Å². The molecule has 15 heavy (non-hydrogen) atoms. The minimum Gasteiger partial charge on any atom is -0.391 e. The molecule has 0 aromatic heterocycles. The Balaban J connectivity index is 2.51. The predicted octanol–water partition coefficient (Wildman–Crippen LogP) is 2.66. The Kier molecular flexibility index (Phi) is 4.60. The van der Waals surface area contributed by atoms with Gasteiger partial charge < -0.3 is 10.0 Å². The van der Waals surface area contributed by atoms with Crippen molar-refractivity contribution in [3.05, 3.63) is 0 Å². The molecular weight excluding hydrogens is 186 g/mol. The number of rotatable bonds is 7. The molecule has 0 aromatic carbocycles. The van der Waals surface area contributed by atoms with Crippen molar-refractivity contribution < 1.29 is 5.11 Å². The highest BCUT2D eigenvalue weighted by Gasteiger charge is 2.37. The minimum atomic E-state index is -0.164. The van der Waals surface area contributed by atoms with Gasteiger partial charge in [-0.15, -0.1) is 0 Å². The third-order valence-corrected chi connectivity index (χ3v) is 4.28. The molecule has 0 radical (unpaired) electrons. The van der Waals surface area contributed by atoms with Crippen LogP contribution in [0, 0.1) is 5.92 Å². The third-order valence-electron chi connectivity index (χ3n) is 4.28. The Hall–Kier alpha value is -0.0800. The van der Waals surface area contributed by atoms with Gasteiger partial charge in [-0.05, 0) is 45.7 Å². The zero-order valence-corrected chi connectivity index (χ0v) is 10.8. The van der Waals surface area contributed by atoms with Crippen LogP contribution in [0.25, 0.3) is 0 Å². The Labute approximate surface area is 94.7 Å². The van der Waals surface area contributed by atoms with Crippen molar-refractivity contribution in [1.29, 1.82) is 0 Å². The van der Waals surface area contributed by atoms with E-state index in [0.29, 0.717) is 0 Å². The van der Waals surface area contributed by atoms with E-state index in [4.69, 9.17) is 0 Å². The fourth-order valence-electron chi connectivity index (χ4n) is 2.72. The highest BCUT2D eigenvalue weighted by molar-refractivity contribution is 4.93. The van der Waals surface area contributed by atoms with Gasteiger partial charge in [-0.1, -0.05) is 26.7 Å². The van der Waals surface area contributed by atoms with E-state index in [1.54, 1.807) is 0 Å². The van der Waals surface area contributed by atoms with Crippen molar-refractivity contribution in [3.63, 3.8) is 0 Å². The van der Waals surface area contributed by atoms with Gasteiger partial charge in [0.1, 0.15) is 0 Å². The second-order valence-corrected chi connectivity index (χ2v) is 5.24. The normalized spacial score (nSPS) is 19.6. The highest BCUT2D eigenvalue weighted by Crippen LogP contribution is 2.36. The Morgan fingerprint density at radius 2 is 1.80 bits per heavy atom. The summed E-state index contributed by atoms with van der Waals surface area (Å²) >= 11 is 0. The SMILES string of the molecule is CCC(CC)(C(O)CCC1CC1)N(C)C. The van der Waals surface area contributed by atoms with Crippen LogP contribution in [0.5, 0.6) is 0 Å². The Morgan fingerprint density at radius 1 is 1.27 bits per heavy atom. The maximum Gasteiger partial charge on any atom is 0.0723 e. The fraction of sp³-hybridized carbons (Fsp3) is 1.00. The van der Waals surface area contributed by atoms with Crippen molar-refractivity contribution in [2.45, 2.75) is 64.0 Å². The maximum absolute atomic E-state index is 10.4. The molecule has 2 heteroatoms. The summed E-state index contributed by atoms with van der Waals surface area (Å²) in [4.78, 5) is 2.21. The van der Waals surface area contributed by atoms with Crippen molar-refractivity contribution >= 4 is 0 Å². The molecule has 1 fully saturated rings. The molecule has 1 aliphatic carbocycles. The van der Waals surface area contributed by atoms with Gasteiger partial charge in [0.15, 0.2) is 0 Å². The molecule has 1 aliphatic rings. The van der Waals surface area contributed by atoms with Gasteiger partial charge >= 0.3 is 0 Å². The van der Waals surface area contributed by atoms with Crippen LogP contribution in [0.15, 0.2) is 0 Å². The standard InChI is InChI=1S/C13H27NO/c1-5-13(6-2,14(3)4)12(15)10-9-11-7-8-11/h11-12,15H,5-10H2,1-4H3. The Bertz CT molecular complexity index is 183. The van der Waals surface area contributed by atoms with Crippen LogP contribution in [-0.4, -0.2) is 35.7 Å². The van der Waals surface area contributed by atoms with Gasteiger partial charge in [-0.25, -0.2) is 0 Å². The lowest BCUT2D eigenvalue weighted by molar-refractivity contribution is -0.0192. The lowest BCUT2D eigenvalue weighted by atomic mass is 9.82. The van der Waals surface area contributed by atoms with E-state index in [0.717, 1.165) is 25.2 Å². The topological polar surface area (TPSA) is 23.5 Å². The van der Waals surface area contributed by atoms with Gasteiger partial charge in [0.05, 0.1) is 6.10 Å². The first-order chi connectivity index (χ1) is 7.06.